The number of aromatic nitrogens is 1. The molecular weight excluding hydrogens is 320 g/mol. The molecule has 1 fully saturated rings. The van der Waals surface area contributed by atoms with Gasteiger partial charge in [-0.25, -0.2) is 0 Å². The normalized spacial score (nSPS) is 17.4. The van der Waals surface area contributed by atoms with E-state index in [0.717, 1.165) is 18.7 Å². The van der Waals surface area contributed by atoms with Crippen LogP contribution in [-0.2, 0) is 4.79 Å². The minimum atomic E-state index is -0.362. The predicted octanol–water partition coefficient (Wildman–Crippen LogP) is 0.664. The molecule has 0 aliphatic carbocycles. The van der Waals surface area contributed by atoms with Crippen LogP contribution in [0.3, 0.4) is 0 Å². The molecule has 0 saturated carbocycles. The second-order valence-electron chi connectivity index (χ2n) is 6.97. The minimum absolute atomic E-state index is 0.158. The van der Waals surface area contributed by atoms with Gasteiger partial charge in [0.1, 0.15) is 5.56 Å². The zero-order valence-corrected chi connectivity index (χ0v) is 15.5. The third kappa shape index (κ3) is 4.92. The van der Waals surface area contributed by atoms with E-state index in [2.05, 4.69) is 15.2 Å². The molecule has 2 N–H and O–H groups in total. The Morgan fingerprint density at radius 2 is 2.08 bits per heavy atom. The van der Waals surface area contributed by atoms with Crippen LogP contribution in [0.1, 0.15) is 40.9 Å². The van der Waals surface area contributed by atoms with Crippen LogP contribution < -0.4 is 10.9 Å². The molecule has 2 heterocycles. The number of hydrogen-bond acceptors (Lipinski definition) is 4. The zero-order chi connectivity index (χ0) is 18.6. The van der Waals surface area contributed by atoms with Gasteiger partial charge in [0.2, 0.25) is 5.91 Å². The van der Waals surface area contributed by atoms with Crippen LogP contribution in [0.25, 0.3) is 0 Å². The molecule has 2 amide bonds. The summed E-state index contributed by atoms with van der Waals surface area (Å²) < 4.78 is 0. The number of nitrogens with zero attached hydrogens (tertiary/aromatic N) is 2. The average molecular weight is 348 g/mol. The first-order valence-corrected chi connectivity index (χ1v) is 8.72. The lowest BCUT2D eigenvalue weighted by molar-refractivity contribution is -0.129. The van der Waals surface area contributed by atoms with E-state index < -0.39 is 0 Å². The van der Waals surface area contributed by atoms with E-state index in [0.29, 0.717) is 31.5 Å². The lowest BCUT2D eigenvalue weighted by Gasteiger charge is -2.26. The van der Waals surface area contributed by atoms with Crippen molar-refractivity contribution in [3.8, 4) is 0 Å². The number of aryl methyl sites for hydroxylation is 2. The first kappa shape index (κ1) is 19.2. The Balaban J connectivity index is 1.90. The molecule has 1 saturated heterocycles. The number of nitrogens with one attached hydrogen (secondary N) is 2. The van der Waals surface area contributed by atoms with Crippen LogP contribution in [-0.4, -0.2) is 66.4 Å². The first-order chi connectivity index (χ1) is 11.8. The standard InChI is InChI=1S/C18H28N4O3/c1-12-11-13(2)20-18(25)16(12)17(24)19-8-7-14-5-6-15(23)22(14)10-9-21(3)4/h11,14H,5-10H2,1-4H3,(H,19,24)(H,20,25)/t14-/m0/s1. The quantitative estimate of drug-likeness (QED) is 0.758. The summed E-state index contributed by atoms with van der Waals surface area (Å²) in [5.41, 5.74) is 1.21. The Morgan fingerprint density at radius 1 is 1.36 bits per heavy atom. The summed E-state index contributed by atoms with van der Waals surface area (Å²) in [4.78, 5) is 42.9. The molecule has 2 rings (SSSR count). The maximum Gasteiger partial charge on any atom is 0.261 e. The van der Waals surface area contributed by atoms with Gasteiger partial charge in [-0.2, -0.15) is 0 Å². The number of carbonyl (C=O) groups excluding carboxylic acids is 2. The first-order valence-electron chi connectivity index (χ1n) is 8.72. The topological polar surface area (TPSA) is 85.5 Å². The van der Waals surface area contributed by atoms with Crippen molar-refractivity contribution in [3.63, 3.8) is 0 Å². The number of hydrogen-bond donors (Lipinski definition) is 2. The van der Waals surface area contributed by atoms with Gasteiger partial charge in [-0.15, -0.1) is 0 Å². The molecule has 1 aliphatic rings. The third-order valence-electron chi connectivity index (χ3n) is 4.60. The Kier molecular flexibility index (Phi) is 6.36. The van der Waals surface area contributed by atoms with Crippen LogP contribution in [0.15, 0.2) is 10.9 Å². The summed E-state index contributed by atoms with van der Waals surface area (Å²) in [6.07, 6.45) is 2.10. The van der Waals surface area contributed by atoms with E-state index in [1.165, 1.54) is 0 Å². The summed E-state index contributed by atoms with van der Waals surface area (Å²) >= 11 is 0. The summed E-state index contributed by atoms with van der Waals surface area (Å²) in [6, 6.07) is 1.94. The molecule has 1 aromatic heterocycles. The SMILES string of the molecule is Cc1cc(C)c(C(=O)NCC[C@@H]2CCC(=O)N2CCN(C)C)c(=O)[nH]1. The Labute approximate surface area is 148 Å². The molecule has 0 aromatic carbocycles. The van der Waals surface area contributed by atoms with Crippen molar-refractivity contribution >= 4 is 11.8 Å². The molecule has 1 aromatic rings. The van der Waals surface area contributed by atoms with Crippen molar-refractivity contribution in [1.82, 2.24) is 20.1 Å². The lowest BCUT2D eigenvalue weighted by atomic mass is 10.1. The van der Waals surface area contributed by atoms with E-state index in [1.807, 2.05) is 19.0 Å². The molecule has 0 bridgehead atoms. The fourth-order valence-electron chi connectivity index (χ4n) is 3.28. The molecule has 0 unspecified atom stereocenters. The van der Waals surface area contributed by atoms with Crippen LogP contribution >= 0.6 is 0 Å². The number of pyridine rings is 1. The molecule has 7 heteroatoms. The van der Waals surface area contributed by atoms with Crippen molar-refractivity contribution < 1.29 is 9.59 Å². The largest absolute Gasteiger partial charge is 0.352 e. The Morgan fingerprint density at radius 3 is 2.72 bits per heavy atom. The molecule has 1 atom stereocenters. The highest BCUT2D eigenvalue weighted by Gasteiger charge is 2.30. The highest BCUT2D eigenvalue weighted by molar-refractivity contribution is 5.95. The number of carbonyl (C=O) groups is 2. The number of likely N-dealkylation sites (N-methyl/N-ethyl adjacent to an activating group) is 1. The van der Waals surface area contributed by atoms with Crippen LogP contribution in [0, 0.1) is 13.8 Å². The van der Waals surface area contributed by atoms with Gasteiger partial charge in [0.05, 0.1) is 0 Å². The van der Waals surface area contributed by atoms with Crippen molar-refractivity contribution in [2.45, 2.75) is 39.2 Å². The number of amides is 2. The number of H-pyrrole nitrogens is 1. The number of rotatable bonds is 7. The van der Waals surface area contributed by atoms with Gasteiger partial charge in [0.25, 0.3) is 11.5 Å². The maximum absolute atomic E-state index is 12.3. The average Bonchev–Trinajstić information content (AvgIpc) is 2.84. The van der Waals surface area contributed by atoms with Gasteiger partial charge in [-0.3, -0.25) is 14.4 Å². The summed E-state index contributed by atoms with van der Waals surface area (Å²) in [5.74, 6) is -0.174. The van der Waals surface area contributed by atoms with Gasteiger partial charge in [0.15, 0.2) is 0 Å². The Hall–Kier alpha value is -2.15. The maximum atomic E-state index is 12.3. The van der Waals surface area contributed by atoms with Crippen molar-refractivity contribution in [2.24, 2.45) is 0 Å². The molecular formula is C18H28N4O3. The second kappa shape index (κ2) is 8.29. The van der Waals surface area contributed by atoms with Crippen molar-refractivity contribution in [3.05, 3.63) is 33.2 Å². The predicted molar refractivity (Wildman–Crippen MR) is 96.8 cm³/mol. The summed E-state index contributed by atoms with van der Waals surface area (Å²) in [7, 11) is 3.97. The van der Waals surface area contributed by atoms with Crippen LogP contribution in [0.5, 0.6) is 0 Å². The summed E-state index contributed by atoms with van der Waals surface area (Å²) in [5, 5.41) is 2.82. The fourth-order valence-corrected chi connectivity index (χ4v) is 3.28. The van der Waals surface area contributed by atoms with Gasteiger partial charge >= 0.3 is 0 Å². The lowest BCUT2D eigenvalue weighted by Crippen LogP contribution is -2.40. The van der Waals surface area contributed by atoms with E-state index in [9.17, 15) is 14.4 Å². The fraction of sp³-hybridized carbons (Fsp3) is 0.611. The second-order valence-corrected chi connectivity index (χ2v) is 6.97. The summed E-state index contributed by atoms with van der Waals surface area (Å²) in [6.45, 7) is 5.53. The van der Waals surface area contributed by atoms with E-state index in [4.69, 9.17) is 0 Å². The van der Waals surface area contributed by atoms with E-state index in [-0.39, 0.29) is 29.0 Å². The molecule has 0 radical (unpaired) electrons. The monoisotopic (exact) mass is 348 g/mol. The molecule has 138 valence electrons. The zero-order valence-electron chi connectivity index (χ0n) is 15.5. The number of likely N-dealkylation sites (tertiary alicyclic amines) is 1. The van der Waals surface area contributed by atoms with E-state index >= 15 is 0 Å². The van der Waals surface area contributed by atoms with Crippen molar-refractivity contribution in [2.75, 3.05) is 33.7 Å². The molecule has 7 nitrogen and oxygen atoms in total. The smallest absolute Gasteiger partial charge is 0.261 e. The van der Waals surface area contributed by atoms with Crippen molar-refractivity contribution in [1.29, 1.82) is 0 Å². The Bertz CT molecular complexity index is 696. The molecule has 0 spiro atoms. The highest BCUT2D eigenvalue weighted by atomic mass is 16.2. The minimum Gasteiger partial charge on any atom is -0.352 e. The van der Waals surface area contributed by atoms with Gasteiger partial charge < -0.3 is 20.1 Å². The van der Waals surface area contributed by atoms with Gasteiger partial charge in [0, 0.05) is 37.8 Å². The third-order valence-corrected chi connectivity index (χ3v) is 4.60. The van der Waals surface area contributed by atoms with Crippen LogP contribution in [0.4, 0.5) is 0 Å². The highest BCUT2D eigenvalue weighted by Crippen LogP contribution is 2.20. The van der Waals surface area contributed by atoms with Gasteiger partial charge in [-0.05, 0) is 52.4 Å². The molecule has 1 aliphatic heterocycles. The van der Waals surface area contributed by atoms with Crippen LogP contribution in [0.2, 0.25) is 0 Å². The molecule has 25 heavy (non-hydrogen) atoms. The van der Waals surface area contributed by atoms with E-state index in [1.54, 1.807) is 19.9 Å². The number of aromatic amines is 1. The van der Waals surface area contributed by atoms with Gasteiger partial charge in [-0.1, -0.05) is 0 Å².